The molecule has 4 rings (SSSR count). The molecule has 0 radical (unpaired) electrons. The Morgan fingerprint density at radius 3 is 2.87 bits per heavy atom. The summed E-state index contributed by atoms with van der Waals surface area (Å²) in [7, 11) is 0. The number of hydrogen-bond acceptors (Lipinski definition) is 8. The summed E-state index contributed by atoms with van der Waals surface area (Å²) >= 11 is 1.52. The second-order valence-electron chi connectivity index (χ2n) is 9.47. The molecule has 0 aromatic heterocycles. The number of amides is 2. The lowest BCUT2D eigenvalue weighted by Gasteiger charge is -2.31. The molecule has 0 saturated carbocycles. The van der Waals surface area contributed by atoms with Gasteiger partial charge in [-0.15, -0.1) is 11.8 Å². The van der Waals surface area contributed by atoms with Gasteiger partial charge in [0.25, 0.3) is 0 Å². The first kappa shape index (κ1) is 28.1. The zero-order valence-electron chi connectivity index (χ0n) is 22.1. The summed E-state index contributed by atoms with van der Waals surface area (Å²) in [5, 5.41) is 23.6. The first-order valence-electron chi connectivity index (χ1n) is 13.3. The maximum atomic E-state index is 13.0. The summed E-state index contributed by atoms with van der Waals surface area (Å²) in [6, 6.07) is 20.4. The van der Waals surface area contributed by atoms with Crippen LogP contribution in [0.15, 0.2) is 48.5 Å². The third-order valence-electron chi connectivity index (χ3n) is 6.98. The molecule has 2 aliphatic rings. The molecule has 1 saturated heterocycles. The van der Waals surface area contributed by atoms with Crippen molar-refractivity contribution in [1.29, 1.82) is 10.5 Å². The molecule has 9 nitrogen and oxygen atoms in total. The van der Waals surface area contributed by atoms with E-state index < -0.39 is 11.8 Å². The van der Waals surface area contributed by atoms with Gasteiger partial charge >= 0.3 is 0 Å². The van der Waals surface area contributed by atoms with Crippen molar-refractivity contribution in [1.82, 2.24) is 10.2 Å². The van der Waals surface area contributed by atoms with E-state index in [9.17, 15) is 14.9 Å². The fourth-order valence-electron chi connectivity index (χ4n) is 4.96. The molecule has 0 aliphatic carbocycles. The van der Waals surface area contributed by atoms with Crippen molar-refractivity contribution in [2.24, 2.45) is 5.92 Å². The number of nitrogens with zero attached hydrogens (tertiary/aromatic N) is 4. The molecule has 204 valence electrons. The predicted molar refractivity (Wildman–Crippen MR) is 152 cm³/mol. The van der Waals surface area contributed by atoms with Gasteiger partial charge in [0.15, 0.2) is 0 Å². The normalized spacial score (nSPS) is 18.9. The van der Waals surface area contributed by atoms with Crippen molar-refractivity contribution in [2.45, 2.75) is 36.8 Å². The predicted octanol–water partition coefficient (Wildman–Crippen LogP) is 3.39. The molecular weight excluding hydrogens is 512 g/mol. The number of carbonyl (C=O) groups excluding carboxylic acids is 2. The lowest BCUT2D eigenvalue weighted by Crippen LogP contribution is -2.38. The molecule has 2 aromatic rings. The van der Waals surface area contributed by atoms with E-state index in [1.165, 1.54) is 17.3 Å². The highest BCUT2D eigenvalue weighted by Gasteiger charge is 2.40. The van der Waals surface area contributed by atoms with Crippen molar-refractivity contribution in [3.05, 3.63) is 54.1 Å². The van der Waals surface area contributed by atoms with Crippen LogP contribution in [0.4, 0.5) is 11.4 Å². The van der Waals surface area contributed by atoms with Gasteiger partial charge in [-0.2, -0.15) is 10.5 Å². The monoisotopic (exact) mass is 546 g/mol. The zero-order valence-corrected chi connectivity index (χ0v) is 23.0. The van der Waals surface area contributed by atoms with Gasteiger partial charge in [0.05, 0.1) is 35.0 Å². The number of nitrogens with one attached hydrogen (secondary N) is 2. The Kier molecular flexibility index (Phi) is 9.93. The van der Waals surface area contributed by atoms with Gasteiger partial charge in [0.1, 0.15) is 24.8 Å². The summed E-state index contributed by atoms with van der Waals surface area (Å²) in [6.45, 7) is 5.40. The van der Waals surface area contributed by atoms with Crippen molar-refractivity contribution >= 4 is 35.0 Å². The molecular formula is C29H34N6O3S. The molecule has 2 aromatic carbocycles. The van der Waals surface area contributed by atoms with Crippen LogP contribution in [0.1, 0.15) is 25.3 Å². The lowest BCUT2D eigenvalue weighted by molar-refractivity contribution is -0.131. The Bertz CT molecular complexity index is 1240. The molecule has 2 N–H and O–H groups in total. The number of thioether (sulfide) groups is 1. The molecule has 10 heteroatoms. The number of nitriles is 2. The van der Waals surface area contributed by atoms with E-state index in [-0.39, 0.29) is 29.5 Å². The molecule has 3 unspecified atom stereocenters. The highest BCUT2D eigenvalue weighted by molar-refractivity contribution is 8.01. The highest BCUT2D eigenvalue weighted by Crippen LogP contribution is 2.37. The van der Waals surface area contributed by atoms with Crippen LogP contribution < -0.4 is 20.3 Å². The second-order valence-corrected chi connectivity index (χ2v) is 10.9. The molecule has 39 heavy (non-hydrogen) atoms. The Morgan fingerprint density at radius 2 is 2.08 bits per heavy atom. The minimum Gasteiger partial charge on any atom is -0.490 e. The minimum absolute atomic E-state index is 0.0444. The van der Waals surface area contributed by atoms with Crippen molar-refractivity contribution < 1.29 is 14.3 Å². The molecule has 1 fully saturated rings. The van der Waals surface area contributed by atoms with Crippen molar-refractivity contribution in [3.8, 4) is 17.9 Å². The maximum absolute atomic E-state index is 13.0. The van der Waals surface area contributed by atoms with Crippen LogP contribution >= 0.6 is 11.8 Å². The van der Waals surface area contributed by atoms with E-state index >= 15 is 0 Å². The van der Waals surface area contributed by atoms with E-state index in [1.807, 2.05) is 43.3 Å². The Hall–Kier alpha value is -3.89. The van der Waals surface area contributed by atoms with E-state index in [1.54, 1.807) is 4.90 Å². The minimum atomic E-state index is -0.900. The van der Waals surface area contributed by atoms with Gasteiger partial charge < -0.3 is 25.2 Å². The fraction of sp³-hybridized carbons (Fsp3) is 0.448. The molecule has 3 atom stereocenters. The van der Waals surface area contributed by atoms with E-state index in [0.717, 1.165) is 36.6 Å². The molecule has 0 spiro atoms. The van der Waals surface area contributed by atoms with Gasteiger partial charge in [0, 0.05) is 31.7 Å². The SMILES string of the molecule is CCN1C(=O)C(CCNc2cccc(CCN3CCOc4ccccc43)c2)SC1CC(C#N)C(=O)NCC#N. The quantitative estimate of drug-likeness (QED) is 0.389. The van der Waals surface area contributed by atoms with Gasteiger partial charge in [-0.25, -0.2) is 0 Å². The smallest absolute Gasteiger partial charge is 0.238 e. The maximum Gasteiger partial charge on any atom is 0.238 e. The number of hydrogen-bond donors (Lipinski definition) is 2. The summed E-state index contributed by atoms with van der Waals surface area (Å²) < 4.78 is 5.77. The van der Waals surface area contributed by atoms with Crippen LogP contribution in [-0.2, 0) is 16.0 Å². The summed E-state index contributed by atoms with van der Waals surface area (Å²) in [5.41, 5.74) is 3.40. The van der Waals surface area contributed by atoms with E-state index in [2.05, 4.69) is 39.8 Å². The van der Waals surface area contributed by atoms with E-state index in [0.29, 0.717) is 26.1 Å². The first-order valence-corrected chi connectivity index (χ1v) is 14.3. The number of rotatable bonds is 12. The molecule has 2 aliphatic heterocycles. The summed E-state index contributed by atoms with van der Waals surface area (Å²) in [4.78, 5) is 29.3. The fourth-order valence-corrected chi connectivity index (χ4v) is 6.55. The van der Waals surface area contributed by atoms with Crippen LogP contribution in [0.3, 0.4) is 0 Å². The van der Waals surface area contributed by atoms with E-state index in [4.69, 9.17) is 10.00 Å². The third-order valence-corrected chi connectivity index (χ3v) is 8.50. The molecule has 2 heterocycles. The number of anilines is 2. The van der Waals surface area contributed by atoms with Crippen LogP contribution in [0.25, 0.3) is 0 Å². The molecule has 2 amide bonds. The topological polar surface area (TPSA) is 121 Å². The Balaban J connectivity index is 1.27. The molecule has 0 bridgehead atoms. The second kappa shape index (κ2) is 13.8. The summed E-state index contributed by atoms with van der Waals surface area (Å²) in [6.07, 6.45) is 1.80. The third kappa shape index (κ3) is 7.15. The van der Waals surface area contributed by atoms with Gasteiger partial charge in [-0.1, -0.05) is 24.3 Å². The average Bonchev–Trinajstić information content (AvgIpc) is 3.27. The van der Waals surface area contributed by atoms with Crippen LogP contribution in [0.5, 0.6) is 5.75 Å². The number of benzene rings is 2. The van der Waals surface area contributed by atoms with Crippen LogP contribution in [0, 0.1) is 28.6 Å². The number of carbonyl (C=O) groups is 2. The van der Waals surface area contributed by atoms with Gasteiger partial charge in [-0.05, 0) is 49.6 Å². The Labute approximate surface area is 234 Å². The first-order chi connectivity index (χ1) is 19.0. The van der Waals surface area contributed by atoms with Gasteiger partial charge in [-0.3, -0.25) is 9.59 Å². The average molecular weight is 547 g/mol. The number of fused-ring (bicyclic) bond motifs is 1. The van der Waals surface area contributed by atoms with Crippen molar-refractivity contribution in [2.75, 3.05) is 49.5 Å². The lowest BCUT2D eigenvalue weighted by atomic mass is 10.1. The zero-order chi connectivity index (χ0) is 27.6. The van der Waals surface area contributed by atoms with Crippen LogP contribution in [0.2, 0.25) is 0 Å². The standard InChI is InChI=1S/C29H34N6O3S/c1-2-35-27(19-22(20-31)28(36)33-14-12-30)39-26(29(35)37)10-13-32-23-7-5-6-21(18-23)11-15-34-16-17-38-25-9-4-3-8-24(25)34/h3-9,18,22,26-27,32H,2,10-11,13-17,19H2,1H3,(H,33,36). The summed E-state index contributed by atoms with van der Waals surface area (Å²) in [5.74, 6) is -0.384. The van der Waals surface area contributed by atoms with Gasteiger partial charge in [0.2, 0.25) is 11.8 Å². The number of ether oxygens (including phenoxy) is 1. The van der Waals surface area contributed by atoms with Crippen LogP contribution in [-0.4, -0.2) is 66.7 Å². The Morgan fingerprint density at radius 1 is 1.23 bits per heavy atom. The largest absolute Gasteiger partial charge is 0.490 e. The van der Waals surface area contributed by atoms with Crippen molar-refractivity contribution in [3.63, 3.8) is 0 Å². The number of para-hydroxylation sites is 2. The highest BCUT2D eigenvalue weighted by atomic mass is 32.2.